The van der Waals surface area contributed by atoms with Gasteiger partial charge in [-0.25, -0.2) is 14.1 Å². The van der Waals surface area contributed by atoms with E-state index in [0.717, 1.165) is 15.7 Å². The predicted octanol–water partition coefficient (Wildman–Crippen LogP) is 1.68. The van der Waals surface area contributed by atoms with Gasteiger partial charge in [-0.1, -0.05) is 17.7 Å². The van der Waals surface area contributed by atoms with E-state index in [0.29, 0.717) is 16.7 Å². The Morgan fingerprint density at radius 2 is 2.33 bits per heavy atom. The van der Waals surface area contributed by atoms with E-state index in [4.69, 9.17) is 11.6 Å². The summed E-state index contributed by atoms with van der Waals surface area (Å²) in [5.41, 5.74) is 0.383. The number of fused-ring (bicyclic) bond motifs is 1. The monoisotopic (exact) mass is 382 g/mol. The van der Waals surface area contributed by atoms with Gasteiger partial charge in [0.25, 0.3) is 0 Å². The molecule has 0 spiro atoms. The lowest BCUT2D eigenvalue weighted by atomic mass is 10.2. The van der Waals surface area contributed by atoms with Gasteiger partial charge in [0.1, 0.15) is 24.4 Å². The number of halogens is 1. The number of nitrogens with zero attached hydrogens (tertiary/aromatic N) is 4. The summed E-state index contributed by atoms with van der Waals surface area (Å²) in [7, 11) is 3.67. The lowest BCUT2D eigenvalue weighted by Crippen LogP contribution is -2.37. The molecule has 9 heteroatoms. The Bertz CT molecular complexity index is 890. The summed E-state index contributed by atoms with van der Waals surface area (Å²) in [6.07, 6.45) is 0.793. The molecule has 126 valence electrons. The van der Waals surface area contributed by atoms with Crippen LogP contribution in [0.1, 0.15) is 27.6 Å². The van der Waals surface area contributed by atoms with E-state index in [1.807, 2.05) is 34.0 Å². The van der Waals surface area contributed by atoms with Crippen LogP contribution in [0.3, 0.4) is 0 Å². The van der Waals surface area contributed by atoms with Gasteiger partial charge in [-0.2, -0.15) is 0 Å². The van der Waals surface area contributed by atoms with Crippen LogP contribution >= 0.6 is 34.3 Å². The molecule has 6 nitrogen and oxygen atoms in total. The third kappa shape index (κ3) is 2.25. The van der Waals surface area contributed by atoms with Crippen molar-refractivity contribution in [1.82, 2.24) is 9.55 Å². The molecular formula is C15H15ClN4O2S2. The van der Waals surface area contributed by atoms with Crippen LogP contribution in [-0.4, -0.2) is 28.3 Å². The average molecular weight is 383 g/mol. The number of thiazole rings is 1. The molecule has 2 atom stereocenters. The molecule has 2 unspecified atom stereocenters. The molecule has 0 bridgehead atoms. The van der Waals surface area contributed by atoms with E-state index in [1.165, 1.54) is 22.7 Å². The van der Waals surface area contributed by atoms with Gasteiger partial charge < -0.3 is 10.2 Å². The summed E-state index contributed by atoms with van der Waals surface area (Å²) in [5, 5.41) is 25.5. The number of aliphatic hydroxyl groups is 1. The van der Waals surface area contributed by atoms with Crippen LogP contribution in [0, 0.1) is 0 Å². The van der Waals surface area contributed by atoms with Crippen molar-refractivity contribution in [3.05, 3.63) is 43.6 Å². The average Bonchev–Trinajstić information content (AvgIpc) is 3.29. The molecule has 0 radical (unpaired) electrons. The van der Waals surface area contributed by atoms with Crippen LogP contribution < -0.4 is 14.6 Å². The van der Waals surface area contributed by atoms with E-state index in [2.05, 4.69) is 4.98 Å². The highest BCUT2D eigenvalue weighted by Gasteiger charge is 2.43. The summed E-state index contributed by atoms with van der Waals surface area (Å²) >= 11 is 8.83. The predicted molar refractivity (Wildman–Crippen MR) is 92.0 cm³/mol. The van der Waals surface area contributed by atoms with Gasteiger partial charge in [0.2, 0.25) is 0 Å². The van der Waals surface area contributed by atoms with Crippen molar-refractivity contribution in [1.29, 1.82) is 0 Å². The van der Waals surface area contributed by atoms with Crippen LogP contribution in [0.25, 0.3) is 0 Å². The first-order valence-electron chi connectivity index (χ1n) is 7.34. The number of thiophene rings is 1. The number of hydrogen-bond acceptors (Lipinski definition) is 6. The van der Waals surface area contributed by atoms with Crippen LogP contribution in [0.15, 0.2) is 23.7 Å². The maximum Gasteiger partial charge on any atom is 0.359 e. The quantitative estimate of drug-likeness (QED) is 0.700. The van der Waals surface area contributed by atoms with Crippen molar-refractivity contribution < 1.29 is 14.8 Å². The third-order valence-electron chi connectivity index (χ3n) is 4.29. The Hall–Kier alpha value is -1.61. The Morgan fingerprint density at radius 1 is 1.54 bits per heavy atom. The highest BCUT2D eigenvalue weighted by atomic mass is 35.5. The Labute approximate surface area is 151 Å². The van der Waals surface area contributed by atoms with Crippen LogP contribution in [0.2, 0.25) is 4.47 Å². The first-order chi connectivity index (χ1) is 11.5. The Kier molecular flexibility index (Phi) is 3.80. The van der Waals surface area contributed by atoms with E-state index in [1.54, 1.807) is 17.8 Å². The van der Waals surface area contributed by atoms with E-state index in [9.17, 15) is 10.2 Å². The number of aromatic nitrogens is 3. The number of likely N-dealkylation sites (N-methyl/N-ethyl adjacent to an activating group) is 1. The lowest BCUT2D eigenvalue weighted by Gasteiger charge is -2.16. The van der Waals surface area contributed by atoms with Gasteiger partial charge in [-0.3, -0.25) is 4.90 Å². The molecule has 3 aromatic heterocycles. The van der Waals surface area contributed by atoms with Crippen LogP contribution in [0.5, 0.6) is 5.88 Å². The zero-order valence-corrected chi connectivity index (χ0v) is 15.4. The SMILES string of the molecule is CN1CC(c2cnc(Cl)s2)n2c(C(O)c3cccs3)c([O-])[n+](C)c21. The van der Waals surface area contributed by atoms with E-state index < -0.39 is 6.10 Å². The maximum absolute atomic E-state index is 12.8. The second-order valence-electron chi connectivity index (χ2n) is 5.75. The third-order valence-corrected chi connectivity index (χ3v) is 6.43. The molecule has 4 rings (SSSR count). The van der Waals surface area contributed by atoms with Crippen LogP contribution in [-0.2, 0) is 7.05 Å². The van der Waals surface area contributed by atoms with Crippen molar-refractivity contribution in [2.24, 2.45) is 7.05 Å². The normalized spacial score (nSPS) is 18.2. The van der Waals surface area contributed by atoms with Gasteiger partial charge in [0.15, 0.2) is 4.47 Å². The van der Waals surface area contributed by atoms with Gasteiger partial charge in [-0.05, 0) is 11.4 Å². The summed E-state index contributed by atoms with van der Waals surface area (Å²) in [5.74, 6) is 0.596. The number of rotatable bonds is 3. The largest absolute Gasteiger partial charge is 0.846 e. The highest BCUT2D eigenvalue weighted by molar-refractivity contribution is 7.15. The smallest absolute Gasteiger partial charge is 0.359 e. The zero-order valence-electron chi connectivity index (χ0n) is 13.0. The molecule has 0 amide bonds. The van der Waals surface area contributed by atoms with E-state index in [-0.39, 0.29) is 11.9 Å². The number of hydrogen-bond donors (Lipinski definition) is 1. The molecule has 0 aromatic carbocycles. The zero-order chi connectivity index (χ0) is 17.0. The summed E-state index contributed by atoms with van der Waals surface area (Å²) in [6, 6.07) is 3.62. The molecule has 0 fully saturated rings. The Morgan fingerprint density at radius 3 is 2.96 bits per heavy atom. The molecular weight excluding hydrogens is 368 g/mol. The first-order valence-corrected chi connectivity index (χ1v) is 9.41. The molecule has 3 aromatic rings. The second kappa shape index (κ2) is 5.73. The number of anilines is 1. The minimum atomic E-state index is -0.949. The fourth-order valence-corrected chi connectivity index (χ4v) is 5.02. The second-order valence-corrected chi connectivity index (χ2v) is 8.37. The molecule has 24 heavy (non-hydrogen) atoms. The van der Waals surface area contributed by atoms with E-state index >= 15 is 0 Å². The molecule has 1 N–H and O–H groups in total. The lowest BCUT2D eigenvalue weighted by molar-refractivity contribution is -0.701. The summed E-state index contributed by atoms with van der Waals surface area (Å²) < 4.78 is 3.99. The van der Waals surface area contributed by atoms with Crippen molar-refractivity contribution in [3.8, 4) is 5.88 Å². The fraction of sp³-hybridized carbons (Fsp3) is 0.333. The molecule has 1 aliphatic heterocycles. The van der Waals surface area contributed by atoms with Gasteiger partial charge in [0.05, 0.1) is 24.9 Å². The van der Waals surface area contributed by atoms with Crippen molar-refractivity contribution in [2.45, 2.75) is 12.1 Å². The van der Waals surface area contributed by atoms with Crippen molar-refractivity contribution in [3.63, 3.8) is 0 Å². The fourth-order valence-electron chi connectivity index (χ4n) is 3.27. The minimum Gasteiger partial charge on any atom is -0.846 e. The summed E-state index contributed by atoms with van der Waals surface area (Å²) in [6.45, 7) is 0.701. The Balaban J connectivity index is 1.90. The summed E-state index contributed by atoms with van der Waals surface area (Å²) in [4.78, 5) is 7.86. The topological polar surface area (TPSA) is 68.2 Å². The molecule has 0 aliphatic carbocycles. The number of imidazole rings is 1. The molecule has 0 saturated carbocycles. The molecule has 4 heterocycles. The number of aliphatic hydroxyl groups excluding tert-OH is 1. The standard InChI is InChI=1S/C15H15ClN4O2S2/c1-18-7-8(10-6-17-14(16)24-10)20-11(13(22)19(2)15(18)20)12(21)9-4-3-5-23-9/h3-6,8,12,21H,7H2,1-2H3. The maximum atomic E-state index is 12.8. The van der Waals surface area contributed by atoms with Gasteiger partial charge in [-0.15, -0.1) is 22.7 Å². The van der Waals surface area contributed by atoms with Crippen molar-refractivity contribution in [2.75, 3.05) is 18.5 Å². The molecule has 0 saturated heterocycles. The van der Waals surface area contributed by atoms with Gasteiger partial charge >= 0.3 is 5.95 Å². The molecule has 1 aliphatic rings. The highest BCUT2D eigenvalue weighted by Crippen LogP contribution is 2.41. The first kappa shape index (κ1) is 15.9. The van der Waals surface area contributed by atoms with Crippen LogP contribution in [0.4, 0.5) is 5.95 Å². The van der Waals surface area contributed by atoms with Gasteiger partial charge in [0, 0.05) is 11.1 Å². The minimum absolute atomic E-state index is 0.0893. The van der Waals surface area contributed by atoms with Crippen molar-refractivity contribution >= 4 is 40.2 Å².